The number of H-pyrrole nitrogens is 1. The van der Waals surface area contributed by atoms with E-state index >= 15 is 0 Å². The monoisotopic (exact) mass is 293 g/mol. The van der Waals surface area contributed by atoms with Crippen molar-refractivity contribution >= 4 is 28.5 Å². The van der Waals surface area contributed by atoms with Crippen molar-refractivity contribution in [3.05, 3.63) is 28.4 Å². The van der Waals surface area contributed by atoms with Crippen molar-refractivity contribution in [2.24, 2.45) is 0 Å². The molecule has 2 aromatic rings. The van der Waals surface area contributed by atoms with Crippen molar-refractivity contribution in [1.82, 2.24) is 4.98 Å². The van der Waals surface area contributed by atoms with Gasteiger partial charge in [-0.1, -0.05) is 11.6 Å². The third-order valence-corrected chi connectivity index (χ3v) is 3.94. The van der Waals surface area contributed by atoms with Gasteiger partial charge in [-0.3, -0.25) is 0 Å². The lowest BCUT2D eigenvalue weighted by atomic mass is 10.1. The van der Waals surface area contributed by atoms with Crippen LogP contribution in [0, 0.1) is 0 Å². The normalized spacial score (nSPS) is 14.6. The van der Waals surface area contributed by atoms with Crippen LogP contribution < -0.4 is 4.74 Å². The van der Waals surface area contributed by atoms with Crippen molar-refractivity contribution in [3.8, 4) is 5.75 Å². The smallest absolute Gasteiger partial charge is 0.338 e. The molecule has 20 heavy (non-hydrogen) atoms. The number of aromatic amines is 1. The number of methoxy groups -OCH3 is 1. The lowest BCUT2D eigenvalue weighted by molar-refractivity contribution is 0.0526. The van der Waals surface area contributed by atoms with Gasteiger partial charge >= 0.3 is 5.97 Å². The predicted octanol–water partition coefficient (Wildman–Crippen LogP) is 3.88. The summed E-state index contributed by atoms with van der Waals surface area (Å²) in [5.74, 6) is 0.746. The summed E-state index contributed by atoms with van der Waals surface area (Å²) in [5, 5.41) is 1.54. The number of aromatic nitrogens is 1. The SMILES string of the molecule is CCOC(=O)c1cc(OC)c2c(Cl)c(C3CC3)[nH]c2c1. The Hall–Kier alpha value is -1.68. The fourth-order valence-electron chi connectivity index (χ4n) is 2.42. The minimum Gasteiger partial charge on any atom is -0.496 e. The molecule has 1 aliphatic rings. The molecule has 0 aliphatic heterocycles. The topological polar surface area (TPSA) is 51.3 Å². The van der Waals surface area contributed by atoms with E-state index in [9.17, 15) is 4.79 Å². The Morgan fingerprint density at radius 2 is 2.20 bits per heavy atom. The van der Waals surface area contributed by atoms with E-state index in [4.69, 9.17) is 21.1 Å². The van der Waals surface area contributed by atoms with Gasteiger partial charge in [0.05, 0.1) is 35.2 Å². The van der Waals surface area contributed by atoms with Gasteiger partial charge in [-0.15, -0.1) is 0 Å². The minimum absolute atomic E-state index is 0.345. The van der Waals surface area contributed by atoms with E-state index in [1.807, 2.05) is 0 Å². The average Bonchev–Trinajstić information content (AvgIpc) is 3.23. The van der Waals surface area contributed by atoms with E-state index in [2.05, 4.69) is 4.98 Å². The van der Waals surface area contributed by atoms with Gasteiger partial charge in [0.25, 0.3) is 0 Å². The number of carbonyl (C=O) groups excluding carboxylic acids is 1. The Bertz CT molecular complexity index is 673. The van der Waals surface area contributed by atoms with Gasteiger partial charge in [0.1, 0.15) is 5.75 Å². The molecule has 0 unspecified atom stereocenters. The second-order valence-electron chi connectivity index (χ2n) is 4.95. The Morgan fingerprint density at radius 3 is 2.80 bits per heavy atom. The summed E-state index contributed by atoms with van der Waals surface area (Å²) in [7, 11) is 1.57. The van der Waals surface area contributed by atoms with Crippen LogP contribution in [-0.2, 0) is 4.74 Å². The number of rotatable bonds is 4. The Kier molecular flexibility index (Phi) is 3.34. The van der Waals surface area contributed by atoms with E-state index in [1.165, 1.54) is 0 Å². The van der Waals surface area contributed by atoms with Crippen molar-refractivity contribution < 1.29 is 14.3 Å². The first-order valence-corrected chi connectivity index (χ1v) is 7.09. The number of hydrogen-bond donors (Lipinski definition) is 1. The number of halogens is 1. The third kappa shape index (κ3) is 2.14. The van der Waals surface area contributed by atoms with Crippen LogP contribution in [0.5, 0.6) is 5.75 Å². The molecular weight excluding hydrogens is 278 g/mol. The van der Waals surface area contributed by atoms with Crippen molar-refractivity contribution in [2.45, 2.75) is 25.7 Å². The Labute approximate surface area is 122 Å². The van der Waals surface area contributed by atoms with Crippen molar-refractivity contribution in [1.29, 1.82) is 0 Å². The highest BCUT2D eigenvalue weighted by Gasteiger charge is 2.29. The maximum atomic E-state index is 11.9. The standard InChI is InChI=1S/C15H16ClNO3/c1-3-20-15(18)9-6-10-12(11(7-9)19-2)13(16)14(17-10)8-4-5-8/h6-8,17H,3-5H2,1-2H3. The number of nitrogens with one attached hydrogen (secondary N) is 1. The molecule has 1 saturated carbocycles. The van der Waals surface area contributed by atoms with Crippen LogP contribution in [0.3, 0.4) is 0 Å². The van der Waals surface area contributed by atoms with Crippen molar-refractivity contribution in [3.63, 3.8) is 0 Å². The van der Waals surface area contributed by atoms with Crippen LogP contribution in [0.4, 0.5) is 0 Å². The molecule has 106 valence electrons. The maximum Gasteiger partial charge on any atom is 0.338 e. The van der Waals surface area contributed by atoms with Gasteiger partial charge in [-0.25, -0.2) is 4.79 Å². The molecular formula is C15H16ClNO3. The zero-order chi connectivity index (χ0) is 14.3. The highest BCUT2D eigenvalue weighted by molar-refractivity contribution is 6.37. The predicted molar refractivity (Wildman–Crippen MR) is 77.8 cm³/mol. The van der Waals surface area contributed by atoms with Crippen LogP contribution in [0.2, 0.25) is 5.02 Å². The van der Waals surface area contributed by atoms with Crippen LogP contribution in [0.25, 0.3) is 10.9 Å². The molecule has 0 radical (unpaired) electrons. The molecule has 3 rings (SSSR count). The van der Waals surface area contributed by atoms with Gasteiger partial charge in [0.2, 0.25) is 0 Å². The van der Waals surface area contributed by atoms with Crippen LogP contribution in [0.15, 0.2) is 12.1 Å². The number of esters is 1. The van der Waals surface area contributed by atoms with E-state index in [0.717, 1.165) is 29.4 Å². The van der Waals surface area contributed by atoms with E-state index < -0.39 is 0 Å². The molecule has 1 aromatic carbocycles. The number of fused-ring (bicyclic) bond motifs is 1. The molecule has 0 atom stereocenters. The van der Waals surface area contributed by atoms with Gasteiger partial charge in [0, 0.05) is 11.6 Å². The zero-order valence-corrected chi connectivity index (χ0v) is 12.2. The molecule has 0 bridgehead atoms. The minimum atomic E-state index is -0.355. The second kappa shape index (κ2) is 5.02. The maximum absolute atomic E-state index is 11.9. The summed E-state index contributed by atoms with van der Waals surface area (Å²) >= 11 is 6.44. The number of benzene rings is 1. The van der Waals surface area contributed by atoms with E-state index in [-0.39, 0.29) is 5.97 Å². The molecule has 1 aromatic heterocycles. The molecule has 1 N–H and O–H groups in total. The molecule has 4 nitrogen and oxygen atoms in total. The lowest BCUT2D eigenvalue weighted by Crippen LogP contribution is -2.04. The number of hydrogen-bond acceptors (Lipinski definition) is 3. The van der Waals surface area contributed by atoms with Gasteiger partial charge in [-0.2, -0.15) is 0 Å². The summed E-state index contributed by atoms with van der Waals surface area (Å²) in [6.07, 6.45) is 2.30. The lowest BCUT2D eigenvalue weighted by Gasteiger charge is -2.06. The van der Waals surface area contributed by atoms with Gasteiger partial charge in [0.15, 0.2) is 0 Å². The van der Waals surface area contributed by atoms with Crippen LogP contribution in [-0.4, -0.2) is 24.7 Å². The van der Waals surface area contributed by atoms with Crippen LogP contribution in [0.1, 0.15) is 41.7 Å². The van der Waals surface area contributed by atoms with Crippen molar-refractivity contribution in [2.75, 3.05) is 13.7 Å². The van der Waals surface area contributed by atoms with Gasteiger partial charge in [-0.05, 0) is 31.9 Å². The zero-order valence-electron chi connectivity index (χ0n) is 11.5. The summed E-state index contributed by atoms with van der Waals surface area (Å²) in [6, 6.07) is 3.45. The first-order chi connectivity index (χ1) is 9.65. The fourth-order valence-corrected chi connectivity index (χ4v) is 2.82. The summed E-state index contributed by atoms with van der Waals surface area (Å²) < 4.78 is 10.4. The molecule has 0 amide bonds. The van der Waals surface area contributed by atoms with E-state index in [1.54, 1.807) is 26.2 Å². The second-order valence-corrected chi connectivity index (χ2v) is 5.33. The first kappa shape index (κ1) is 13.3. The number of ether oxygens (including phenoxy) is 2. The fraction of sp³-hybridized carbons (Fsp3) is 0.400. The summed E-state index contributed by atoms with van der Waals surface area (Å²) in [5.41, 5.74) is 2.33. The molecule has 1 fully saturated rings. The molecule has 5 heteroatoms. The molecule has 1 aliphatic carbocycles. The molecule has 0 spiro atoms. The Morgan fingerprint density at radius 1 is 1.45 bits per heavy atom. The molecule has 1 heterocycles. The van der Waals surface area contributed by atoms with E-state index in [0.29, 0.717) is 28.9 Å². The molecule has 0 saturated heterocycles. The Balaban J connectivity index is 2.15. The average molecular weight is 294 g/mol. The van der Waals surface area contributed by atoms with Crippen LogP contribution >= 0.6 is 11.6 Å². The third-order valence-electron chi connectivity index (χ3n) is 3.54. The highest BCUT2D eigenvalue weighted by Crippen LogP contribution is 2.47. The highest BCUT2D eigenvalue weighted by atomic mass is 35.5. The first-order valence-electron chi connectivity index (χ1n) is 6.72. The summed E-state index contributed by atoms with van der Waals surface area (Å²) in [6.45, 7) is 2.13. The quantitative estimate of drug-likeness (QED) is 0.870. The number of carbonyl (C=O) groups is 1. The largest absolute Gasteiger partial charge is 0.496 e. The van der Waals surface area contributed by atoms with Gasteiger partial charge < -0.3 is 14.5 Å². The summed E-state index contributed by atoms with van der Waals surface area (Å²) in [4.78, 5) is 15.2.